The Morgan fingerprint density at radius 3 is 2.05 bits per heavy atom. The van der Waals surface area contributed by atoms with E-state index in [1.165, 1.54) is 20.8 Å². The van der Waals surface area contributed by atoms with Crippen LogP contribution in [0.25, 0.3) is 0 Å². The van der Waals surface area contributed by atoms with Crippen molar-refractivity contribution < 1.29 is 33.5 Å². The lowest BCUT2D eigenvalue weighted by Gasteiger charge is -2.23. The van der Waals surface area contributed by atoms with Gasteiger partial charge in [0.2, 0.25) is 23.6 Å². The number of halogens is 1. The first-order valence-electron chi connectivity index (χ1n) is 11.3. The first kappa shape index (κ1) is 30.6. The number of primary amides is 1. The van der Waals surface area contributed by atoms with Crippen LogP contribution in [0.3, 0.4) is 0 Å². The number of phenols is 1. The Morgan fingerprint density at radius 1 is 0.892 bits per heavy atom. The average Bonchev–Trinajstić information content (AvgIpc) is 2.81. The van der Waals surface area contributed by atoms with Crippen LogP contribution in [-0.2, 0) is 19.2 Å². The molecule has 0 fully saturated rings. The highest BCUT2D eigenvalue weighted by Crippen LogP contribution is 2.17. The lowest BCUT2D eigenvalue weighted by atomic mass is 10.1. The summed E-state index contributed by atoms with van der Waals surface area (Å²) in [5.74, 6) is -5.23. The molecule has 0 aliphatic carbocycles. The van der Waals surface area contributed by atoms with E-state index in [2.05, 4.69) is 26.3 Å². The van der Waals surface area contributed by atoms with Gasteiger partial charge in [-0.1, -0.05) is 0 Å². The van der Waals surface area contributed by atoms with Crippen LogP contribution in [0.2, 0.25) is 0 Å². The van der Waals surface area contributed by atoms with E-state index in [4.69, 9.17) is 17.2 Å². The van der Waals surface area contributed by atoms with E-state index in [-0.39, 0.29) is 24.5 Å². The minimum Gasteiger partial charge on any atom is -0.507 e. The predicted octanol–water partition coefficient (Wildman–Crippen LogP) is -2.32. The SMILES string of the molecule is C[C@H](NC(=O)[C@H](CCCN=C(N)N)NC(=O)[C@H](C)NC(=O)[C@H](C)NC(=O)c1cc(F)ccc1O)C(N)=O. The fourth-order valence-corrected chi connectivity index (χ4v) is 2.89. The Bertz CT molecular complexity index is 1050. The monoisotopic (exact) mass is 524 g/mol. The second kappa shape index (κ2) is 14.2. The first-order valence-corrected chi connectivity index (χ1v) is 11.3. The summed E-state index contributed by atoms with van der Waals surface area (Å²) in [5, 5.41) is 19.3. The predicted molar refractivity (Wildman–Crippen MR) is 131 cm³/mol. The molecular formula is C22H33FN8O6. The summed E-state index contributed by atoms with van der Waals surface area (Å²) in [7, 11) is 0. The number of hydrogen-bond acceptors (Lipinski definition) is 7. The summed E-state index contributed by atoms with van der Waals surface area (Å²) < 4.78 is 13.4. The molecule has 1 aromatic carbocycles. The topological polar surface area (TPSA) is 244 Å². The van der Waals surface area contributed by atoms with Crippen molar-refractivity contribution in [2.24, 2.45) is 22.2 Å². The van der Waals surface area contributed by atoms with Crippen LogP contribution < -0.4 is 38.5 Å². The fraction of sp³-hybridized carbons (Fsp3) is 0.455. The van der Waals surface area contributed by atoms with Crippen molar-refractivity contribution in [3.05, 3.63) is 29.6 Å². The highest BCUT2D eigenvalue weighted by molar-refractivity contribution is 6.00. The van der Waals surface area contributed by atoms with Gasteiger partial charge in [-0.15, -0.1) is 0 Å². The third-order valence-electron chi connectivity index (χ3n) is 5.06. The van der Waals surface area contributed by atoms with Gasteiger partial charge in [-0.3, -0.25) is 29.0 Å². The van der Waals surface area contributed by atoms with Crippen LogP contribution in [0.1, 0.15) is 44.0 Å². The number of guanidine groups is 1. The van der Waals surface area contributed by atoms with Gasteiger partial charge in [0.1, 0.15) is 35.7 Å². The van der Waals surface area contributed by atoms with Crippen LogP contribution in [0, 0.1) is 5.82 Å². The number of carbonyl (C=O) groups excluding carboxylic acids is 5. The first-order chi connectivity index (χ1) is 17.2. The molecule has 15 heteroatoms. The zero-order valence-electron chi connectivity index (χ0n) is 20.7. The van der Waals surface area contributed by atoms with Crippen LogP contribution in [-0.4, -0.2) is 71.3 Å². The van der Waals surface area contributed by atoms with E-state index in [1.807, 2.05) is 0 Å². The van der Waals surface area contributed by atoms with Gasteiger partial charge >= 0.3 is 0 Å². The van der Waals surface area contributed by atoms with E-state index >= 15 is 0 Å². The number of amides is 5. The number of rotatable bonds is 13. The molecule has 0 saturated heterocycles. The molecule has 0 aliphatic heterocycles. The Labute approximate surface area is 212 Å². The van der Waals surface area contributed by atoms with Crippen LogP contribution >= 0.6 is 0 Å². The van der Waals surface area contributed by atoms with E-state index in [0.29, 0.717) is 6.42 Å². The molecule has 0 bridgehead atoms. The molecule has 1 rings (SSSR count). The molecule has 0 unspecified atom stereocenters. The van der Waals surface area contributed by atoms with Crippen molar-refractivity contribution in [2.75, 3.05) is 6.54 Å². The van der Waals surface area contributed by atoms with Crippen molar-refractivity contribution in [3.63, 3.8) is 0 Å². The van der Waals surface area contributed by atoms with Gasteiger partial charge in [0, 0.05) is 6.54 Å². The van der Waals surface area contributed by atoms with Gasteiger partial charge in [0.15, 0.2) is 5.96 Å². The van der Waals surface area contributed by atoms with Crippen molar-refractivity contribution in [1.82, 2.24) is 21.3 Å². The fourth-order valence-electron chi connectivity index (χ4n) is 2.89. The zero-order chi connectivity index (χ0) is 28.3. The van der Waals surface area contributed by atoms with Crippen LogP contribution in [0.15, 0.2) is 23.2 Å². The number of nitrogens with one attached hydrogen (secondary N) is 4. The smallest absolute Gasteiger partial charge is 0.255 e. The van der Waals surface area contributed by atoms with E-state index in [0.717, 1.165) is 18.2 Å². The zero-order valence-corrected chi connectivity index (χ0v) is 20.7. The number of nitrogens with two attached hydrogens (primary N) is 3. The Kier molecular flexibility index (Phi) is 11.7. The van der Waals surface area contributed by atoms with Gasteiger partial charge in [0.25, 0.3) is 5.91 Å². The molecule has 11 N–H and O–H groups in total. The summed E-state index contributed by atoms with van der Waals surface area (Å²) >= 11 is 0. The maximum atomic E-state index is 13.4. The van der Waals surface area contributed by atoms with Crippen LogP contribution in [0.5, 0.6) is 5.75 Å². The summed E-state index contributed by atoms with van der Waals surface area (Å²) in [6.45, 7) is 4.22. The minimum absolute atomic E-state index is 0.101. The maximum Gasteiger partial charge on any atom is 0.255 e. The number of benzene rings is 1. The second-order valence-electron chi connectivity index (χ2n) is 8.23. The number of carbonyl (C=O) groups is 5. The molecule has 0 aliphatic rings. The molecule has 0 saturated carbocycles. The summed E-state index contributed by atoms with van der Waals surface area (Å²) in [4.78, 5) is 65.1. The summed E-state index contributed by atoms with van der Waals surface area (Å²) in [6.07, 6.45) is 0.405. The molecule has 4 atom stereocenters. The van der Waals surface area contributed by atoms with E-state index in [9.17, 15) is 33.5 Å². The maximum absolute atomic E-state index is 13.4. The lowest BCUT2D eigenvalue weighted by Crippen LogP contribution is -2.56. The number of aliphatic imine (C=N–C) groups is 1. The molecule has 0 aromatic heterocycles. The van der Waals surface area contributed by atoms with Gasteiger partial charge in [0.05, 0.1) is 5.56 Å². The largest absolute Gasteiger partial charge is 0.507 e. The van der Waals surface area contributed by atoms with Gasteiger partial charge in [-0.25, -0.2) is 4.39 Å². The van der Waals surface area contributed by atoms with Crippen molar-refractivity contribution in [2.45, 2.75) is 57.8 Å². The molecule has 0 heterocycles. The number of nitrogens with zero attached hydrogens (tertiary/aromatic N) is 1. The van der Waals surface area contributed by atoms with Crippen molar-refractivity contribution in [3.8, 4) is 5.75 Å². The van der Waals surface area contributed by atoms with E-state index in [1.54, 1.807) is 0 Å². The number of aromatic hydroxyl groups is 1. The molecule has 5 amide bonds. The highest BCUT2D eigenvalue weighted by Gasteiger charge is 2.27. The normalized spacial score (nSPS) is 13.7. The number of phenolic OH excluding ortho intramolecular Hbond substituents is 1. The highest BCUT2D eigenvalue weighted by atomic mass is 19.1. The molecular weight excluding hydrogens is 491 g/mol. The third kappa shape index (κ3) is 10.4. The standard InChI is InChI=1S/C22H33FN8O6/c1-10(17(24)33)28-21(37)15(5-4-8-27-22(25)26)31-19(35)12(3)29-18(34)11(2)30-20(36)14-9-13(23)6-7-16(14)32/h6-7,9-12,15,32H,4-5,8H2,1-3H3,(H2,24,33)(H,28,37)(H,29,34)(H,30,36)(H,31,35)(H4,25,26,27)/t10-,11-,12-,15-/m0/s1. The van der Waals surface area contributed by atoms with Crippen molar-refractivity contribution in [1.29, 1.82) is 0 Å². The average molecular weight is 525 g/mol. The Hall–Kier alpha value is -4.43. The summed E-state index contributed by atoms with van der Waals surface area (Å²) in [5.41, 5.74) is 15.3. The summed E-state index contributed by atoms with van der Waals surface area (Å²) in [6, 6.07) is -1.64. The number of hydrogen-bond donors (Lipinski definition) is 8. The van der Waals surface area contributed by atoms with Gasteiger partial charge in [-0.05, 0) is 51.8 Å². The molecule has 204 valence electrons. The third-order valence-corrected chi connectivity index (χ3v) is 5.06. The van der Waals surface area contributed by atoms with E-state index < -0.39 is 65.3 Å². The van der Waals surface area contributed by atoms with Crippen molar-refractivity contribution >= 4 is 35.5 Å². The Balaban J connectivity index is 2.78. The quantitative estimate of drug-likeness (QED) is 0.0789. The Morgan fingerprint density at radius 2 is 1.46 bits per heavy atom. The molecule has 0 spiro atoms. The molecule has 1 aromatic rings. The second-order valence-corrected chi connectivity index (χ2v) is 8.23. The lowest BCUT2D eigenvalue weighted by molar-refractivity contribution is -0.133. The van der Waals surface area contributed by atoms with Gasteiger partial charge < -0.3 is 43.6 Å². The molecule has 14 nitrogen and oxygen atoms in total. The van der Waals surface area contributed by atoms with Gasteiger partial charge in [-0.2, -0.15) is 0 Å². The molecule has 37 heavy (non-hydrogen) atoms. The minimum atomic E-state index is -1.17. The molecule has 0 radical (unpaired) electrons. The van der Waals surface area contributed by atoms with Crippen LogP contribution in [0.4, 0.5) is 4.39 Å².